The number of anilines is 1. The van der Waals surface area contributed by atoms with Gasteiger partial charge >= 0.3 is 0 Å². The van der Waals surface area contributed by atoms with Crippen LogP contribution in [0.4, 0.5) is 5.69 Å². The van der Waals surface area contributed by atoms with Crippen molar-refractivity contribution in [3.63, 3.8) is 0 Å². The van der Waals surface area contributed by atoms with E-state index < -0.39 is 0 Å². The Hall–Kier alpha value is -3.93. The molecular formula is C29H32N4O2. The van der Waals surface area contributed by atoms with Gasteiger partial charge in [-0.2, -0.15) is 0 Å². The number of carbonyl (C=O) groups is 1. The smallest absolute Gasteiger partial charge is 0.251 e. The molecule has 1 heterocycles. The first kappa shape index (κ1) is 24.2. The van der Waals surface area contributed by atoms with Crippen molar-refractivity contribution in [1.82, 2.24) is 15.5 Å². The Bertz CT molecular complexity index is 1220. The van der Waals surface area contributed by atoms with Crippen molar-refractivity contribution in [1.29, 1.82) is 0 Å². The van der Waals surface area contributed by atoms with Crippen LogP contribution in [0.15, 0.2) is 83.3 Å². The Kier molecular flexibility index (Phi) is 7.93. The van der Waals surface area contributed by atoms with Gasteiger partial charge in [-0.15, -0.1) is 10.2 Å². The number of carbonyl (C=O) groups excluding carboxylic acids is 1. The second-order valence-corrected chi connectivity index (χ2v) is 9.06. The molecule has 0 aliphatic heterocycles. The van der Waals surface area contributed by atoms with E-state index in [4.69, 9.17) is 4.42 Å². The molecule has 0 saturated carbocycles. The first-order valence-electron chi connectivity index (χ1n) is 12.2. The summed E-state index contributed by atoms with van der Waals surface area (Å²) in [6, 6.07) is 25.8. The first-order valence-corrected chi connectivity index (χ1v) is 12.2. The topological polar surface area (TPSA) is 80.0 Å². The number of aromatic nitrogens is 2. The SMILES string of the molecule is CCCNC(=O)c1ccc(N[C@@H](CC(C)C)c2ccc(-c3nnc(-c4ccccc4)o3)cc2)cc1. The molecule has 1 atom stereocenters. The van der Waals surface area contributed by atoms with E-state index in [1.165, 1.54) is 5.56 Å². The van der Waals surface area contributed by atoms with E-state index in [1.54, 1.807) is 0 Å². The maximum Gasteiger partial charge on any atom is 0.251 e. The fraction of sp³-hybridized carbons (Fsp3) is 0.276. The molecule has 0 unspecified atom stereocenters. The predicted octanol–water partition coefficient (Wildman–Crippen LogP) is 6.74. The molecule has 4 rings (SSSR count). The highest BCUT2D eigenvalue weighted by molar-refractivity contribution is 5.94. The lowest BCUT2D eigenvalue weighted by Gasteiger charge is -2.22. The fourth-order valence-corrected chi connectivity index (χ4v) is 3.90. The summed E-state index contributed by atoms with van der Waals surface area (Å²) in [4.78, 5) is 12.2. The van der Waals surface area contributed by atoms with E-state index in [0.29, 0.717) is 29.8 Å². The molecule has 0 aliphatic rings. The maximum atomic E-state index is 12.2. The molecule has 0 saturated heterocycles. The van der Waals surface area contributed by atoms with Crippen LogP contribution in [0.5, 0.6) is 0 Å². The summed E-state index contributed by atoms with van der Waals surface area (Å²) in [6.45, 7) is 7.16. The molecule has 1 aromatic heterocycles. The van der Waals surface area contributed by atoms with Gasteiger partial charge in [-0.05, 0) is 72.9 Å². The molecule has 0 spiro atoms. The van der Waals surface area contributed by atoms with E-state index in [2.05, 4.69) is 46.8 Å². The summed E-state index contributed by atoms with van der Waals surface area (Å²) < 4.78 is 5.90. The van der Waals surface area contributed by atoms with Crippen molar-refractivity contribution in [3.05, 3.63) is 90.0 Å². The number of nitrogens with one attached hydrogen (secondary N) is 2. The summed E-state index contributed by atoms with van der Waals surface area (Å²) >= 11 is 0. The van der Waals surface area contributed by atoms with Gasteiger partial charge in [-0.1, -0.05) is 51.1 Å². The van der Waals surface area contributed by atoms with Crippen LogP contribution in [-0.4, -0.2) is 22.6 Å². The molecule has 0 radical (unpaired) electrons. The van der Waals surface area contributed by atoms with Gasteiger partial charge in [-0.3, -0.25) is 4.79 Å². The van der Waals surface area contributed by atoms with E-state index in [1.807, 2.05) is 73.7 Å². The van der Waals surface area contributed by atoms with Crippen LogP contribution in [0.3, 0.4) is 0 Å². The molecule has 4 aromatic rings. The average molecular weight is 469 g/mol. The van der Waals surface area contributed by atoms with E-state index in [9.17, 15) is 4.79 Å². The minimum Gasteiger partial charge on any atom is -0.416 e. The van der Waals surface area contributed by atoms with Gasteiger partial charge in [0.1, 0.15) is 0 Å². The summed E-state index contributed by atoms with van der Waals surface area (Å²) in [6.07, 6.45) is 1.89. The summed E-state index contributed by atoms with van der Waals surface area (Å²) in [5.41, 5.74) is 4.61. The van der Waals surface area contributed by atoms with E-state index in [0.717, 1.165) is 29.7 Å². The Morgan fingerprint density at radius 3 is 2.09 bits per heavy atom. The minimum absolute atomic E-state index is 0.0378. The molecule has 0 bridgehead atoms. The van der Waals surface area contributed by atoms with Gasteiger partial charge in [0.15, 0.2) is 0 Å². The third-order valence-electron chi connectivity index (χ3n) is 5.74. The van der Waals surface area contributed by atoms with Crippen molar-refractivity contribution in [3.8, 4) is 22.9 Å². The predicted molar refractivity (Wildman–Crippen MR) is 140 cm³/mol. The second kappa shape index (κ2) is 11.5. The highest BCUT2D eigenvalue weighted by Gasteiger charge is 2.16. The maximum absolute atomic E-state index is 12.2. The minimum atomic E-state index is -0.0378. The van der Waals surface area contributed by atoms with Crippen molar-refractivity contribution in [2.24, 2.45) is 5.92 Å². The van der Waals surface area contributed by atoms with Crippen molar-refractivity contribution in [2.45, 2.75) is 39.7 Å². The Labute approximate surface area is 206 Å². The largest absolute Gasteiger partial charge is 0.416 e. The summed E-state index contributed by atoms with van der Waals surface area (Å²) in [5.74, 6) is 1.48. The third kappa shape index (κ3) is 6.35. The fourth-order valence-electron chi connectivity index (χ4n) is 3.90. The lowest BCUT2D eigenvalue weighted by atomic mass is 9.96. The number of amides is 1. The van der Waals surface area contributed by atoms with Gasteiger partial charge < -0.3 is 15.1 Å². The van der Waals surface area contributed by atoms with E-state index >= 15 is 0 Å². The molecular weight excluding hydrogens is 436 g/mol. The van der Waals surface area contributed by atoms with Crippen LogP contribution >= 0.6 is 0 Å². The van der Waals surface area contributed by atoms with Crippen LogP contribution in [0.1, 0.15) is 55.6 Å². The van der Waals surface area contributed by atoms with Crippen LogP contribution in [-0.2, 0) is 0 Å². The molecule has 3 aromatic carbocycles. The number of nitrogens with zero attached hydrogens (tertiary/aromatic N) is 2. The zero-order valence-electron chi connectivity index (χ0n) is 20.5. The molecule has 2 N–H and O–H groups in total. The zero-order chi connectivity index (χ0) is 24.6. The van der Waals surface area contributed by atoms with Crippen molar-refractivity contribution < 1.29 is 9.21 Å². The first-order chi connectivity index (χ1) is 17.0. The lowest BCUT2D eigenvalue weighted by Crippen LogP contribution is -2.23. The Morgan fingerprint density at radius 1 is 0.857 bits per heavy atom. The van der Waals surface area contributed by atoms with Gasteiger partial charge in [0.05, 0.1) is 6.04 Å². The van der Waals surface area contributed by atoms with Crippen LogP contribution < -0.4 is 10.6 Å². The molecule has 6 heteroatoms. The van der Waals surface area contributed by atoms with Gasteiger partial charge in [0.2, 0.25) is 11.8 Å². The monoisotopic (exact) mass is 468 g/mol. The molecule has 0 aliphatic carbocycles. The van der Waals surface area contributed by atoms with Gasteiger partial charge in [0, 0.05) is 28.9 Å². The van der Waals surface area contributed by atoms with Crippen LogP contribution in [0.2, 0.25) is 0 Å². The number of rotatable bonds is 10. The average Bonchev–Trinajstić information content (AvgIpc) is 3.38. The van der Waals surface area contributed by atoms with Crippen LogP contribution in [0.25, 0.3) is 22.9 Å². The number of hydrogen-bond donors (Lipinski definition) is 2. The molecule has 1 amide bonds. The van der Waals surface area contributed by atoms with Gasteiger partial charge in [0.25, 0.3) is 5.91 Å². The standard InChI is InChI=1S/C29H32N4O2/c1-4-18-30-27(34)22-14-16-25(17-15-22)31-26(19-20(2)3)21-10-12-24(13-11-21)29-33-32-28(35-29)23-8-6-5-7-9-23/h5-17,20,26,31H,4,18-19H2,1-3H3,(H,30,34)/t26-/m0/s1. The number of hydrogen-bond acceptors (Lipinski definition) is 5. The number of benzene rings is 3. The third-order valence-corrected chi connectivity index (χ3v) is 5.74. The van der Waals surface area contributed by atoms with Gasteiger partial charge in [-0.25, -0.2) is 0 Å². The highest BCUT2D eigenvalue weighted by atomic mass is 16.4. The lowest BCUT2D eigenvalue weighted by molar-refractivity contribution is 0.0953. The molecule has 0 fully saturated rings. The summed E-state index contributed by atoms with van der Waals surface area (Å²) in [7, 11) is 0. The quantitative estimate of drug-likeness (QED) is 0.269. The van der Waals surface area contributed by atoms with E-state index in [-0.39, 0.29) is 11.9 Å². The zero-order valence-corrected chi connectivity index (χ0v) is 20.5. The Balaban J connectivity index is 1.48. The van der Waals surface area contributed by atoms with Crippen LogP contribution in [0, 0.1) is 5.92 Å². The molecule has 6 nitrogen and oxygen atoms in total. The Morgan fingerprint density at radius 2 is 1.49 bits per heavy atom. The second-order valence-electron chi connectivity index (χ2n) is 9.06. The van der Waals surface area contributed by atoms with Crippen molar-refractivity contribution in [2.75, 3.05) is 11.9 Å². The normalized spacial score (nSPS) is 11.9. The van der Waals surface area contributed by atoms with Crippen molar-refractivity contribution >= 4 is 11.6 Å². The molecule has 180 valence electrons. The summed E-state index contributed by atoms with van der Waals surface area (Å²) in [5, 5.41) is 15.0. The highest BCUT2D eigenvalue weighted by Crippen LogP contribution is 2.29. The molecule has 35 heavy (non-hydrogen) atoms.